The normalized spacial score (nSPS) is 31.8. The lowest BCUT2D eigenvalue weighted by atomic mass is 10.2. The first-order valence-corrected chi connectivity index (χ1v) is 7.12. The molecule has 3 heterocycles. The van der Waals surface area contributed by atoms with Crippen molar-refractivity contribution in [3.63, 3.8) is 0 Å². The van der Waals surface area contributed by atoms with Crippen LogP contribution in [0.3, 0.4) is 0 Å². The summed E-state index contributed by atoms with van der Waals surface area (Å²) in [4.78, 5) is 24.4. The van der Waals surface area contributed by atoms with Crippen molar-refractivity contribution < 1.29 is 24.1 Å². The number of ether oxygens (including phenoxy) is 2. The minimum Gasteiger partial charge on any atom is -0.394 e. The first kappa shape index (κ1) is 15.3. The first-order chi connectivity index (χ1) is 10.5. The van der Waals surface area contributed by atoms with Crippen LogP contribution >= 0.6 is 0 Å². The van der Waals surface area contributed by atoms with Crippen LogP contribution in [0.5, 0.6) is 0 Å². The van der Waals surface area contributed by atoms with Crippen LogP contribution in [0.25, 0.3) is 0 Å². The maximum Gasteiger partial charge on any atom is 0.335 e. The standard InChI is InChI=1S/C13H17FN2O6/c14-7-5-15(11-4-8(18)9(6-17)22-11)13(20)16(12(7)19)10-2-1-3-21-10/h5,8-11,17-18H,1-4,6H2/t8?,9-,10?,11-/m0/s1. The average Bonchev–Trinajstić information content (AvgIpc) is 3.13. The summed E-state index contributed by atoms with van der Waals surface area (Å²) in [7, 11) is 0. The van der Waals surface area contributed by atoms with E-state index in [1.807, 2.05) is 0 Å². The molecule has 22 heavy (non-hydrogen) atoms. The molecule has 2 unspecified atom stereocenters. The lowest BCUT2D eigenvalue weighted by molar-refractivity contribution is -0.0479. The van der Waals surface area contributed by atoms with Gasteiger partial charge in [-0.2, -0.15) is 4.39 Å². The minimum absolute atomic E-state index is 0.0221. The molecule has 0 aromatic carbocycles. The molecule has 9 heteroatoms. The van der Waals surface area contributed by atoms with E-state index in [4.69, 9.17) is 14.6 Å². The summed E-state index contributed by atoms with van der Waals surface area (Å²) in [6.45, 7) is -0.0153. The van der Waals surface area contributed by atoms with E-state index in [2.05, 4.69) is 0 Å². The summed E-state index contributed by atoms with van der Waals surface area (Å²) in [5.74, 6) is -1.10. The molecule has 2 saturated heterocycles. The van der Waals surface area contributed by atoms with E-state index in [1.165, 1.54) is 0 Å². The molecule has 0 amide bonds. The van der Waals surface area contributed by atoms with Gasteiger partial charge in [-0.1, -0.05) is 0 Å². The highest BCUT2D eigenvalue weighted by Crippen LogP contribution is 2.27. The fourth-order valence-electron chi connectivity index (χ4n) is 2.83. The van der Waals surface area contributed by atoms with Crippen molar-refractivity contribution in [3.05, 3.63) is 32.9 Å². The summed E-state index contributed by atoms with van der Waals surface area (Å²) in [5.41, 5.74) is -1.79. The topological polar surface area (TPSA) is 103 Å². The van der Waals surface area contributed by atoms with E-state index in [1.54, 1.807) is 0 Å². The van der Waals surface area contributed by atoms with Crippen molar-refractivity contribution in [3.8, 4) is 0 Å². The van der Waals surface area contributed by atoms with Crippen LogP contribution in [0.2, 0.25) is 0 Å². The minimum atomic E-state index is -1.10. The van der Waals surface area contributed by atoms with Gasteiger partial charge in [0.2, 0.25) is 5.82 Å². The molecular formula is C13H17FN2O6. The number of rotatable bonds is 3. The Balaban J connectivity index is 2.02. The zero-order valence-electron chi connectivity index (χ0n) is 11.7. The van der Waals surface area contributed by atoms with E-state index < -0.39 is 48.3 Å². The fraction of sp³-hybridized carbons (Fsp3) is 0.692. The highest BCUT2D eigenvalue weighted by Gasteiger charge is 2.36. The van der Waals surface area contributed by atoms with Gasteiger partial charge in [0.05, 0.1) is 18.9 Å². The van der Waals surface area contributed by atoms with E-state index in [-0.39, 0.29) is 6.42 Å². The van der Waals surface area contributed by atoms with Gasteiger partial charge in [0.1, 0.15) is 18.6 Å². The summed E-state index contributed by atoms with van der Waals surface area (Å²) in [6, 6.07) is 0. The molecule has 0 saturated carbocycles. The van der Waals surface area contributed by atoms with Gasteiger partial charge in [0.15, 0.2) is 0 Å². The van der Waals surface area contributed by atoms with Crippen molar-refractivity contribution >= 4 is 0 Å². The van der Waals surface area contributed by atoms with Crippen LogP contribution in [0, 0.1) is 5.82 Å². The van der Waals surface area contributed by atoms with Crippen LogP contribution in [0.1, 0.15) is 31.7 Å². The van der Waals surface area contributed by atoms with Crippen molar-refractivity contribution in [2.45, 2.75) is 43.9 Å². The van der Waals surface area contributed by atoms with Crippen molar-refractivity contribution in [1.82, 2.24) is 9.13 Å². The van der Waals surface area contributed by atoms with Gasteiger partial charge in [0, 0.05) is 13.0 Å². The summed E-state index contributed by atoms with van der Waals surface area (Å²) >= 11 is 0. The largest absolute Gasteiger partial charge is 0.394 e. The van der Waals surface area contributed by atoms with Crippen LogP contribution in [-0.4, -0.2) is 44.8 Å². The maximum atomic E-state index is 13.9. The van der Waals surface area contributed by atoms with Crippen molar-refractivity contribution in [1.29, 1.82) is 0 Å². The Hall–Kier alpha value is -1.55. The summed E-state index contributed by atoms with van der Waals surface area (Å²) < 4.78 is 26.2. The number of aromatic nitrogens is 2. The van der Waals surface area contributed by atoms with E-state index >= 15 is 0 Å². The molecule has 0 aliphatic carbocycles. The fourth-order valence-corrected chi connectivity index (χ4v) is 2.83. The molecule has 1 aromatic heterocycles. The number of nitrogens with zero attached hydrogens (tertiary/aromatic N) is 2. The average molecular weight is 316 g/mol. The predicted molar refractivity (Wildman–Crippen MR) is 70.8 cm³/mol. The number of halogens is 1. The monoisotopic (exact) mass is 316 g/mol. The zero-order valence-corrected chi connectivity index (χ0v) is 11.7. The lowest BCUT2D eigenvalue weighted by Gasteiger charge is -2.19. The van der Waals surface area contributed by atoms with Crippen molar-refractivity contribution in [2.75, 3.05) is 13.2 Å². The van der Waals surface area contributed by atoms with Gasteiger partial charge in [0.25, 0.3) is 5.56 Å². The maximum absolute atomic E-state index is 13.9. The second kappa shape index (κ2) is 5.92. The summed E-state index contributed by atoms with van der Waals surface area (Å²) in [6.07, 6.45) is -1.62. The molecular weight excluding hydrogens is 299 g/mol. The van der Waals surface area contributed by atoms with Gasteiger partial charge in [-0.3, -0.25) is 9.36 Å². The number of hydrogen-bond donors (Lipinski definition) is 2. The third-order valence-corrected chi connectivity index (χ3v) is 3.99. The lowest BCUT2D eigenvalue weighted by Crippen LogP contribution is -2.44. The van der Waals surface area contributed by atoms with E-state index in [9.17, 15) is 19.1 Å². The molecule has 0 bridgehead atoms. The van der Waals surface area contributed by atoms with Crippen LogP contribution in [0.15, 0.2) is 15.8 Å². The molecule has 8 nitrogen and oxygen atoms in total. The van der Waals surface area contributed by atoms with Crippen LogP contribution in [0.4, 0.5) is 4.39 Å². The van der Waals surface area contributed by atoms with Gasteiger partial charge < -0.3 is 19.7 Å². The smallest absolute Gasteiger partial charge is 0.335 e. The number of hydrogen-bond acceptors (Lipinski definition) is 6. The molecule has 2 N–H and O–H groups in total. The van der Waals surface area contributed by atoms with Gasteiger partial charge in [-0.15, -0.1) is 0 Å². The Labute approximate surface area is 124 Å². The van der Waals surface area contributed by atoms with Crippen molar-refractivity contribution in [2.24, 2.45) is 0 Å². The Morgan fingerprint density at radius 1 is 1.36 bits per heavy atom. The highest BCUT2D eigenvalue weighted by molar-refractivity contribution is 4.95. The third kappa shape index (κ3) is 2.50. The predicted octanol–water partition coefficient (Wildman–Crippen LogP) is -0.901. The molecule has 1 aromatic rings. The van der Waals surface area contributed by atoms with E-state index in [0.717, 1.165) is 15.3 Å². The molecule has 3 rings (SSSR count). The Bertz CT molecular complexity index is 665. The Kier molecular flexibility index (Phi) is 4.13. The van der Waals surface area contributed by atoms with Crippen LogP contribution < -0.4 is 11.2 Å². The Morgan fingerprint density at radius 3 is 2.73 bits per heavy atom. The molecule has 0 spiro atoms. The molecule has 0 radical (unpaired) electrons. The van der Waals surface area contributed by atoms with Gasteiger partial charge in [-0.25, -0.2) is 9.36 Å². The second-order valence-corrected chi connectivity index (χ2v) is 5.42. The number of aliphatic hydroxyl groups excluding tert-OH is 2. The second-order valence-electron chi connectivity index (χ2n) is 5.42. The number of aliphatic hydroxyl groups is 2. The summed E-state index contributed by atoms with van der Waals surface area (Å²) in [5, 5.41) is 18.8. The zero-order chi connectivity index (χ0) is 15.9. The van der Waals surface area contributed by atoms with Crippen LogP contribution in [-0.2, 0) is 9.47 Å². The Morgan fingerprint density at radius 2 is 2.14 bits per heavy atom. The quantitative estimate of drug-likeness (QED) is 0.749. The molecule has 122 valence electrons. The molecule has 2 aliphatic rings. The molecule has 4 atom stereocenters. The third-order valence-electron chi connectivity index (χ3n) is 3.99. The highest BCUT2D eigenvalue weighted by atomic mass is 19.1. The van der Waals surface area contributed by atoms with Gasteiger partial charge in [-0.05, 0) is 12.8 Å². The molecule has 2 aliphatic heterocycles. The van der Waals surface area contributed by atoms with E-state index in [0.29, 0.717) is 19.4 Å². The SMILES string of the molecule is O=c1c(F)cn([C@@H]2CC(O)[C@H](CO)O2)c(=O)n1C1CCCO1. The first-order valence-electron chi connectivity index (χ1n) is 7.12. The molecule has 2 fully saturated rings. The van der Waals surface area contributed by atoms with Gasteiger partial charge >= 0.3 is 5.69 Å².